The number of nitrogens with zero attached hydrogens (tertiary/aromatic N) is 2. The van der Waals surface area contributed by atoms with Crippen LogP contribution in [-0.2, 0) is 4.79 Å². The van der Waals surface area contributed by atoms with Gasteiger partial charge in [-0.3, -0.25) is 9.89 Å². The van der Waals surface area contributed by atoms with Gasteiger partial charge in [-0.15, -0.1) is 0 Å². The highest BCUT2D eigenvalue weighted by molar-refractivity contribution is 6.11. The molecule has 4 nitrogen and oxygen atoms in total. The van der Waals surface area contributed by atoms with E-state index in [2.05, 4.69) is 55.2 Å². The van der Waals surface area contributed by atoms with Crippen LogP contribution >= 0.6 is 0 Å². The summed E-state index contributed by atoms with van der Waals surface area (Å²) in [7, 11) is 0. The van der Waals surface area contributed by atoms with E-state index < -0.39 is 0 Å². The molecule has 1 N–H and O–H groups in total. The molecule has 1 aliphatic carbocycles. The van der Waals surface area contributed by atoms with Gasteiger partial charge in [0.1, 0.15) is 5.78 Å². The quantitative estimate of drug-likeness (QED) is 0.853. The molecule has 1 fully saturated rings. The molecule has 0 amide bonds. The Kier molecular flexibility index (Phi) is 3.27. The Bertz CT molecular complexity index is 860. The normalized spacial score (nSPS) is 25.0. The molecule has 2 heterocycles. The second kappa shape index (κ2) is 5.13. The van der Waals surface area contributed by atoms with Crippen LogP contribution in [0.3, 0.4) is 0 Å². The lowest BCUT2D eigenvalue weighted by Crippen LogP contribution is -2.42. The van der Waals surface area contributed by atoms with Crippen molar-refractivity contribution in [1.82, 2.24) is 10.2 Å². The van der Waals surface area contributed by atoms with E-state index in [0.29, 0.717) is 12.2 Å². The number of rotatable bonds is 1. The van der Waals surface area contributed by atoms with E-state index in [1.807, 2.05) is 6.92 Å². The van der Waals surface area contributed by atoms with Crippen LogP contribution in [0.5, 0.6) is 0 Å². The summed E-state index contributed by atoms with van der Waals surface area (Å²) < 4.78 is 0. The fourth-order valence-electron chi connectivity index (χ4n) is 4.33. The third-order valence-electron chi connectivity index (χ3n) is 5.29. The van der Waals surface area contributed by atoms with Gasteiger partial charge in [-0.25, -0.2) is 4.99 Å². The molecule has 1 aromatic carbocycles. The Morgan fingerprint density at radius 2 is 1.96 bits per heavy atom. The van der Waals surface area contributed by atoms with E-state index in [1.54, 1.807) is 0 Å². The third-order valence-corrected chi connectivity index (χ3v) is 5.29. The van der Waals surface area contributed by atoms with Crippen LogP contribution in [0.15, 0.2) is 29.3 Å². The third kappa shape index (κ3) is 2.32. The minimum Gasteiger partial charge on any atom is -0.299 e. The van der Waals surface area contributed by atoms with Crippen molar-refractivity contribution in [3.05, 3.63) is 46.6 Å². The number of aromatic amines is 1. The van der Waals surface area contributed by atoms with Crippen LogP contribution in [0, 0.1) is 25.2 Å². The first kappa shape index (κ1) is 15.3. The maximum absolute atomic E-state index is 13.0. The summed E-state index contributed by atoms with van der Waals surface area (Å²) in [4.78, 5) is 17.8. The largest absolute Gasteiger partial charge is 0.299 e. The van der Waals surface area contributed by atoms with Crippen molar-refractivity contribution in [1.29, 1.82) is 0 Å². The zero-order valence-corrected chi connectivity index (χ0v) is 14.7. The highest BCUT2D eigenvalue weighted by atomic mass is 16.1. The van der Waals surface area contributed by atoms with Crippen molar-refractivity contribution in [2.24, 2.45) is 16.3 Å². The molecule has 1 aliphatic heterocycles. The highest BCUT2D eigenvalue weighted by Gasteiger charge is 2.46. The van der Waals surface area contributed by atoms with Crippen LogP contribution < -0.4 is 0 Å². The summed E-state index contributed by atoms with van der Waals surface area (Å²) in [6.45, 7) is 8.41. The van der Waals surface area contributed by atoms with E-state index in [-0.39, 0.29) is 17.3 Å². The number of hydrogen-bond acceptors (Lipinski definition) is 3. The Balaban J connectivity index is 1.92. The smallest absolute Gasteiger partial charge is 0.177 e. The van der Waals surface area contributed by atoms with E-state index >= 15 is 0 Å². The fourth-order valence-corrected chi connectivity index (χ4v) is 4.33. The molecule has 2 aromatic rings. The first-order valence-corrected chi connectivity index (χ1v) is 8.57. The summed E-state index contributed by atoms with van der Waals surface area (Å²) in [5.41, 5.74) is 5.47. The number of aliphatic imine (C=N–C) groups is 1. The number of aryl methyl sites for hydroxylation is 2. The lowest BCUT2D eigenvalue weighted by Gasteiger charge is -2.40. The number of fused-ring (bicyclic) bond motifs is 2. The zero-order chi connectivity index (χ0) is 17.1. The highest BCUT2D eigenvalue weighted by Crippen LogP contribution is 2.49. The second-order valence-electron chi connectivity index (χ2n) is 8.04. The number of benzene rings is 1. The topological polar surface area (TPSA) is 58.1 Å². The Morgan fingerprint density at radius 3 is 2.71 bits per heavy atom. The van der Waals surface area contributed by atoms with Gasteiger partial charge in [0.2, 0.25) is 0 Å². The minimum atomic E-state index is -0.149. The summed E-state index contributed by atoms with van der Waals surface area (Å²) in [6, 6.07) is 8.49. The molecule has 4 rings (SSSR count). The molecule has 2 atom stereocenters. The lowest BCUT2D eigenvalue weighted by atomic mass is 9.64. The molecule has 0 radical (unpaired) electrons. The molecule has 0 saturated heterocycles. The summed E-state index contributed by atoms with van der Waals surface area (Å²) in [5.74, 6) is 0.942. The first-order chi connectivity index (χ1) is 11.4. The van der Waals surface area contributed by atoms with Gasteiger partial charge in [-0.2, -0.15) is 5.10 Å². The number of Topliss-reactive ketones (excluding diaryl/α,β-unsaturated/α-hetero) is 1. The molecule has 1 aromatic heterocycles. The van der Waals surface area contributed by atoms with Gasteiger partial charge in [0.25, 0.3) is 0 Å². The molecular formula is C20H23N3O. The molecule has 124 valence electrons. The predicted molar refractivity (Wildman–Crippen MR) is 95.0 cm³/mol. The van der Waals surface area contributed by atoms with Crippen molar-refractivity contribution >= 4 is 17.3 Å². The Morgan fingerprint density at radius 1 is 1.17 bits per heavy atom. The number of carbonyl (C=O) groups is 1. The summed E-state index contributed by atoms with van der Waals surface area (Å²) >= 11 is 0. The van der Waals surface area contributed by atoms with Crippen molar-refractivity contribution in [2.75, 3.05) is 0 Å². The summed E-state index contributed by atoms with van der Waals surface area (Å²) in [6.07, 6.45) is 1.47. The maximum atomic E-state index is 13.0. The van der Waals surface area contributed by atoms with E-state index in [0.717, 1.165) is 29.2 Å². The zero-order valence-electron chi connectivity index (χ0n) is 14.7. The average molecular weight is 321 g/mol. The second-order valence-corrected chi connectivity index (χ2v) is 8.04. The van der Waals surface area contributed by atoms with Gasteiger partial charge in [0, 0.05) is 29.3 Å². The van der Waals surface area contributed by atoms with Crippen LogP contribution in [-0.4, -0.2) is 21.7 Å². The van der Waals surface area contributed by atoms with Gasteiger partial charge < -0.3 is 0 Å². The first-order valence-electron chi connectivity index (χ1n) is 8.57. The monoisotopic (exact) mass is 321 g/mol. The molecule has 0 spiro atoms. The number of H-pyrrole nitrogens is 1. The standard InChI is InChI=1S/C20H23N3O/c1-11-6-5-7-13(8-11)17-16-12(2)22-23-19(16)21-14-9-20(3,4)10-15(24)18(14)17/h5-8,17-18H,9-10H2,1-4H3,(H,22,23). The molecule has 2 aliphatic rings. The summed E-state index contributed by atoms with van der Waals surface area (Å²) in [5, 5.41) is 7.46. The average Bonchev–Trinajstić information content (AvgIpc) is 2.85. The molecule has 24 heavy (non-hydrogen) atoms. The number of aromatic nitrogens is 2. The van der Waals surface area contributed by atoms with E-state index in [4.69, 9.17) is 4.99 Å². The van der Waals surface area contributed by atoms with Crippen molar-refractivity contribution < 1.29 is 4.79 Å². The molecule has 4 heteroatoms. The predicted octanol–water partition coefficient (Wildman–Crippen LogP) is 4.25. The van der Waals surface area contributed by atoms with Gasteiger partial charge in [0.05, 0.1) is 5.92 Å². The Labute approximate surface area is 142 Å². The molecular weight excluding hydrogens is 298 g/mol. The van der Waals surface area contributed by atoms with Gasteiger partial charge in [0.15, 0.2) is 5.82 Å². The molecule has 2 unspecified atom stereocenters. The SMILES string of the molecule is Cc1cccc(C2c3c(n[nH]c3C)N=C3CC(C)(C)CC(=O)C32)c1. The molecule has 0 bridgehead atoms. The van der Waals surface area contributed by atoms with Gasteiger partial charge >= 0.3 is 0 Å². The van der Waals surface area contributed by atoms with E-state index in [1.165, 1.54) is 11.1 Å². The van der Waals surface area contributed by atoms with E-state index in [9.17, 15) is 4.79 Å². The lowest BCUT2D eigenvalue weighted by molar-refractivity contribution is -0.124. The number of nitrogens with one attached hydrogen (secondary N) is 1. The van der Waals surface area contributed by atoms with Crippen LogP contribution in [0.2, 0.25) is 0 Å². The fraction of sp³-hybridized carbons (Fsp3) is 0.450. The van der Waals surface area contributed by atoms with Crippen molar-refractivity contribution in [2.45, 2.75) is 46.5 Å². The van der Waals surface area contributed by atoms with Gasteiger partial charge in [-0.1, -0.05) is 43.7 Å². The number of hydrogen-bond donors (Lipinski definition) is 1. The molecule has 1 saturated carbocycles. The number of carbonyl (C=O) groups excluding carboxylic acids is 1. The van der Waals surface area contributed by atoms with Crippen LogP contribution in [0.1, 0.15) is 55.0 Å². The number of ketones is 1. The minimum absolute atomic E-state index is 0.0214. The van der Waals surface area contributed by atoms with Crippen LogP contribution in [0.25, 0.3) is 0 Å². The maximum Gasteiger partial charge on any atom is 0.177 e. The van der Waals surface area contributed by atoms with Crippen LogP contribution in [0.4, 0.5) is 5.82 Å². The van der Waals surface area contributed by atoms with Gasteiger partial charge in [-0.05, 0) is 31.2 Å². The van der Waals surface area contributed by atoms with Crippen molar-refractivity contribution in [3.63, 3.8) is 0 Å². The van der Waals surface area contributed by atoms with Crippen molar-refractivity contribution in [3.8, 4) is 0 Å². The Hall–Kier alpha value is -2.23.